The van der Waals surface area contributed by atoms with E-state index in [0.717, 1.165) is 57.8 Å². The fourth-order valence-corrected chi connectivity index (χ4v) is 12.8. The maximum Gasteiger partial charge on any atom is 0.328 e. The molecule has 4 N–H and O–H groups in total. The van der Waals surface area contributed by atoms with E-state index in [1.165, 1.54) is 32.8 Å². The van der Waals surface area contributed by atoms with Gasteiger partial charge in [-0.2, -0.15) is 5.06 Å². The van der Waals surface area contributed by atoms with E-state index in [1.54, 1.807) is 19.1 Å². The van der Waals surface area contributed by atoms with E-state index in [4.69, 9.17) is 14.3 Å². The molecule has 0 aromatic rings. The topological polar surface area (TPSA) is 150 Å². The minimum atomic E-state index is -0.851. The van der Waals surface area contributed by atoms with Crippen molar-refractivity contribution in [2.24, 2.45) is 58.7 Å². The normalized spacial score (nSPS) is 40.0. The molecule has 7 fully saturated rings. The average Bonchev–Trinajstić information content (AvgIpc) is 3.56. The first-order valence-electron chi connectivity index (χ1n) is 22.3. The van der Waals surface area contributed by atoms with Gasteiger partial charge in [0.1, 0.15) is 18.2 Å². The number of hydrogen-bond donors (Lipinski definition) is 4. The number of hydroxylamine groups is 2. The molecule has 6 aliphatic carbocycles. The quantitative estimate of drug-likeness (QED) is 0.185. The highest BCUT2D eigenvalue weighted by atomic mass is 16.7. The highest BCUT2D eigenvalue weighted by Crippen LogP contribution is 2.61. The van der Waals surface area contributed by atoms with Gasteiger partial charge in [0.25, 0.3) is 0 Å². The van der Waals surface area contributed by atoms with Crippen molar-refractivity contribution in [3.8, 4) is 0 Å². The van der Waals surface area contributed by atoms with Crippen LogP contribution in [0.1, 0.15) is 118 Å². The van der Waals surface area contributed by atoms with Crippen LogP contribution in [0.25, 0.3) is 0 Å². The zero-order valence-electron chi connectivity index (χ0n) is 35.8. The number of amides is 2. The Labute approximate surface area is 336 Å². The predicted molar refractivity (Wildman–Crippen MR) is 214 cm³/mol. The first-order chi connectivity index (χ1) is 26.7. The predicted octanol–water partition coefficient (Wildman–Crippen LogP) is 4.55. The Bertz CT molecular complexity index is 1340. The molecule has 0 spiro atoms. The number of methoxy groups -OCH3 is 2. The lowest BCUT2D eigenvalue weighted by molar-refractivity contribution is -0.193. The Kier molecular flexibility index (Phi) is 14.5. The van der Waals surface area contributed by atoms with E-state index in [-0.39, 0.29) is 66.2 Å². The Morgan fingerprint density at radius 1 is 0.964 bits per heavy atom. The van der Waals surface area contributed by atoms with Crippen molar-refractivity contribution in [2.45, 2.75) is 160 Å². The van der Waals surface area contributed by atoms with E-state index in [0.29, 0.717) is 42.1 Å². The number of carbonyl (C=O) groups is 3. The van der Waals surface area contributed by atoms with Gasteiger partial charge in [0, 0.05) is 43.5 Å². The lowest BCUT2D eigenvalue weighted by atomic mass is 9.45. The largest absolute Gasteiger partial charge is 0.467 e. The zero-order chi connectivity index (χ0) is 40.5. The van der Waals surface area contributed by atoms with Crippen molar-refractivity contribution >= 4 is 17.8 Å². The first-order valence-corrected chi connectivity index (χ1v) is 22.3. The van der Waals surface area contributed by atoms with Crippen LogP contribution in [0.4, 0.5) is 0 Å². The number of aliphatic hydroxyl groups is 2. The number of hydrogen-bond acceptors (Lipinski definition) is 10. The van der Waals surface area contributed by atoms with Crippen LogP contribution in [-0.2, 0) is 28.7 Å². The minimum Gasteiger partial charge on any atom is -0.467 e. The second-order valence-corrected chi connectivity index (χ2v) is 19.9. The number of ether oxygens (including phenoxy) is 2. The zero-order valence-corrected chi connectivity index (χ0v) is 35.8. The van der Waals surface area contributed by atoms with Crippen LogP contribution in [0.5, 0.6) is 0 Å². The van der Waals surface area contributed by atoms with E-state index in [1.807, 2.05) is 0 Å². The molecule has 0 aromatic heterocycles. The average molecular weight is 789 g/mol. The third kappa shape index (κ3) is 9.15. The van der Waals surface area contributed by atoms with Gasteiger partial charge in [0.05, 0.1) is 25.9 Å². The molecule has 0 aromatic carbocycles. The summed E-state index contributed by atoms with van der Waals surface area (Å²) < 4.78 is 11.6. The minimum absolute atomic E-state index is 0.0504. The molecule has 1 saturated heterocycles. The Balaban J connectivity index is 1.16. The molecule has 6 saturated carbocycles. The number of nitrogens with one attached hydrogen (secondary N) is 2. The summed E-state index contributed by atoms with van der Waals surface area (Å²) in [5.74, 6) is 1.08. The molecule has 12 heteroatoms. The summed E-state index contributed by atoms with van der Waals surface area (Å²) in [5, 5.41) is 29.8. The molecule has 15 atom stereocenters. The number of fused-ring (bicyclic) bond motifs is 2. The van der Waals surface area contributed by atoms with Crippen LogP contribution >= 0.6 is 0 Å². The van der Waals surface area contributed by atoms with E-state index < -0.39 is 30.2 Å². The second-order valence-electron chi connectivity index (χ2n) is 19.9. The van der Waals surface area contributed by atoms with Crippen molar-refractivity contribution in [3.63, 3.8) is 0 Å². The Hall–Kier alpha value is -1.83. The highest BCUT2D eigenvalue weighted by molar-refractivity contribution is 5.86. The van der Waals surface area contributed by atoms with Crippen LogP contribution in [0.15, 0.2) is 0 Å². The summed E-state index contributed by atoms with van der Waals surface area (Å²) in [6, 6.07) is -1.08. The summed E-state index contributed by atoms with van der Waals surface area (Å²) in [4.78, 5) is 50.0. The van der Waals surface area contributed by atoms with Gasteiger partial charge < -0.3 is 35.2 Å². The maximum absolute atomic E-state index is 14.4. The number of carbonyl (C=O) groups excluding carboxylic acids is 3. The van der Waals surface area contributed by atoms with Gasteiger partial charge >= 0.3 is 5.97 Å². The van der Waals surface area contributed by atoms with Gasteiger partial charge in [0.2, 0.25) is 11.8 Å². The summed E-state index contributed by atoms with van der Waals surface area (Å²) in [6.45, 7) is 8.82. The smallest absolute Gasteiger partial charge is 0.328 e. The second kappa shape index (κ2) is 18.6. The monoisotopic (exact) mass is 789 g/mol. The third-order valence-corrected chi connectivity index (χ3v) is 16.3. The summed E-state index contributed by atoms with van der Waals surface area (Å²) >= 11 is 0. The molecule has 7 rings (SSSR count). The fraction of sp³-hybridized carbons (Fsp3) is 0.932. The maximum atomic E-state index is 14.4. The number of rotatable bonds is 14. The SMILES string of the molecule is COC(=O)[C@H](CC1CCCCC1)NC(=O)C1CC(C2CCCC(CN3O[C@@H](CO)[C@@H]([C@H](C)O)[C@H]3C(=O)N[C@H]3C[C@H]4C[C@@H]([C@@H]3C)C4(C)C)C2OC)CC(N(C)C)C1. The lowest BCUT2D eigenvalue weighted by Crippen LogP contribution is -2.62. The molecule has 0 radical (unpaired) electrons. The molecule has 1 aliphatic heterocycles. The van der Waals surface area contributed by atoms with E-state index in [2.05, 4.69) is 50.4 Å². The van der Waals surface area contributed by atoms with Gasteiger partial charge in [-0.05, 0) is 113 Å². The van der Waals surface area contributed by atoms with Gasteiger partial charge in [-0.1, -0.05) is 59.3 Å². The Morgan fingerprint density at radius 2 is 1.70 bits per heavy atom. The Morgan fingerprint density at radius 3 is 2.30 bits per heavy atom. The standard InChI is InChI=1S/C44H76N4O8/c1-25-34-21-31(44(34,3)4)22-35(25)45-42(52)39-38(26(2)50)37(24-49)56-48(39)23-28-15-12-16-33(40(28)54-7)29-18-30(20-32(19-29)47(5)6)41(51)46-36(43(53)55-8)17-27-13-10-9-11-14-27/h25-40,49-50H,9-24H2,1-8H3,(H,45,52)(H,46,51)/t25-,26-,28?,29?,30?,31+,32?,33?,34-,35-,36-,37-,38+,39-,40?/m0/s1. The van der Waals surface area contributed by atoms with Crippen molar-refractivity contribution in [1.29, 1.82) is 0 Å². The van der Waals surface area contributed by atoms with Crippen LogP contribution < -0.4 is 10.6 Å². The molecule has 1 heterocycles. The highest BCUT2D eigenvalue weighted by Gasteiger charge is 2.58. The number of aliphatic hydroxyl groups excluding tert-OH is 2. The van der Waals surface area contributed by atoms with Crippen LogP contribution in [0, 0.1) is 58.7 Å². The van der Waals surface area contributed by atoms with Crippen molar-refractivity contribution in [1.82, 2.24) is 20.6 Å². The molecule has 320 valence electrons. The van der Waals surface area contributed by atoms with E-state index in [9.17, 15) is 24.6 Å². The van der Waals surface area contributed by atoms with Crippen molar-refractivity contribution in [2.75, 3.05) is 41.5 Å². The number of esters is 1. The molecule has 2 bridgehead atoms. The molecule has 7 aliphatic rings. The summed E-state index contributed by atoms with van der Waals surface area (Å²) in [5.41, 5.74) is 0.300. The van der Waals surface area contributed by atoms with E-state index >= 15 is 0 Å². The van der Waals surface area contributed by atoms with Gasteiger partial charge in [-0.3, -0.25) is 14.4 Å². The summed E-state index contributed by atoms with van der Waals surface area (Å²) in [6.07, 6.45) is 12.2. The van der Waals surface area contributed by atoms with Crippen LogP contribution in [0.2, 0.25) is 0 Å². The van der Waals surface area contributed by atoms with Gasteiger partial charge in [0.15, 0.2) is 0 Å². The molecular formula is C44H76N4O8. The first kappa shape index (κ1) is 43.7. The molecule has 56 heavy (non-hydrogen) atoms. The van der Waals surface area contributed by atoms with Crippen molar-refractivity contribution in [3.05, 3.63) is 0 Å². The van der Waals surface area contributed by atoms with Crippen LogP contribution in [-0.4, -0.2) is 122 Å². The third-order valence-electron chi connectivity index (χ3n) is 16.3. The van der Waals surface area contributed by atoms with Gasteiger partial charge in [-0.15, -0.1) is 0 Å². The lowest BCUT2D eigenvalue weighted by Gasteiger charge is -2.62. The van der Waals surface area contributed by atoms with Crippen molar-refractivity contribution < 1.29 is 38.9 Å². The van der Waals surface area contributed by atoms with Crippen LogP contribution in [0.3, 0.4) is 0 Å². The fourth-order valence-electron chi connectivity index (χ4n) is 12.8. The molecule has 2 amide bonds. The molecule has 12 nitrogen and oxygen atoms in total. The van der Waals surface area contributed by atoms with Gasteiger partial charge in [-0.25, -0.2) is 4.79 Å². The molecular weight excluding hydrogens is 713 g/mol. The molecule has 6 unspecified atom stereocenters. The summed E-state index contributed by atoms with van der Waals surface area (Å²) in [7, 11) is 7.36. The number of nitrogens with zero attached hydrogens (tertiary/aromatic N) is 2.